The molecule has 1 unspecified atom stereocenters. The van der Waals surface area contributed by atoms with Gasteiger partial charge in [0.05, 0.1) is 33.4 Å². The molecule has 11 heteroatoms. The maximum atomic E-state index is 13.2. The number of halogens is 3. The van der Waals surface area contributed by atoms with Crippen LogP contribution in [0.2, 0.25) is 0 Å². The molecule has 32 heavy (non-hydrogen) atoms. The van der Waals surface area contributed by atoms with Gasteiger partial charge in [0, 0.05) is 28.5 Å². The predicted molar refractivity (Wildman–Crippen MR) is 109 cm³/mol. The van der Waals surface area contributed by atoms with Crippen LogP contribution >= 0.6 is 0 Å². The molecule has 0 spiro atoms. The fourth-order valence-electron chi connectivity index (χ4n) is 4.39. The fourth-order valence-corrected chi connectivity index (χ4v) is 5.08. The standard InChI is InChI=1S/C21H19F3N4O3S/c1-32(26,30)15-4-2-3-14(6-15)28-17(29)16-5-13(21(22,23)24)7-27-18(16)31-12-20-8-19(9-20,10-20)11-25/h2-7,26H,8-10,12H2,1H3,(H,28,29). The van der Waals surface area contributed by atoms with Crippen molar-refractivity contribution in [3.63, 3.8) is 0 Å². The number of anilines is 1. The van der Waals surface area contributed by atoms with Crippen molar-refractivity contribution in [3.8, 4) is 11.9 Å². The highest BCUT2D eigenvalue weighted by Gasteiger charge is 2.68. The van der Waals surface area contributed by atoms with Crippen LogP contribution in [-0.4, -0.2) is 28.0 Å². The molecule has 5 rings (SSSR count). The first-order chi connectivity index (χ1) is 14.8. The van der Waals surface area contributed by atoms with Gasteiger partial charge in [0.15, 0.2) is 0 Å². The Balaban J connectivity index is 1.58. The lowest BCUT2D eigenvalue weighted by molar-refractivity contribution is -0.182. The minimum atomic E-state index is -4.70. The Morgan fingerprint density at radius 3 is 2.62 bits per heavy atom. The van der Waals surface area contributed by atoms with E-state index in [1.165, 1.54) is 30.5 Å². The van der Waals surface area contributed by atoms with E-state index in [-0.39, 0.29) is 33.9 Å². The Kier molecular flexibility index (Phi) is 4.97. The number of pyridine rings is 1. The van der Waals surface area contributed by atoms with Crippen LogP contribution in [0.4, 0.5) is 18.9 Å². The van der Waals surface area contributed by atoms with Crippen LogP contribution in [0.25, 0.3) is 0 Å². The van der Waals surface area contributed by atoms with E-state index in [0.29, 0.717) is 31.5 Å². The lowest BCUT2D eigenvalue weighted by atomic mass is 9.36. The number of nitrogens with one attached hydrogen (secondary N) is 2. The number of alkyl halides is 3. The van der Waals surface area contributed by atoms with Crippen molar-refractivity contribution >= 4 is 21.3 Å². The van der Waals surface area contributed by atoms with Gasteiger partial charge in [0.2, 0.25) is 5.88 Å². The zero-order valence-corrected chi connectivity index (χ0v) is 17.8. The summed E-state index contributed by atoms with van der Waals surface area (Å²) in [5, 5.41) is 11.6. The zero-order valence-electron chi connectivity index (χ0n) is 17.0. The molecule has 2 aromatic rings. The summed E-state index contributed by atoms with van der Waals surface area (Å²) in [6.07, 6.45) is -0.888. The number of ether oxygens (including phenoxy) is 1. The maximum absolute atomic E-state index is 13.2. The largest absolute Gasteiger partial charge is 0.477 e. The van der Waals surface area contributed by atoms with Gasteiger partial charge < -0.3 is 10.1 Å². The third-order valence-electron chi connectivity index (χ3n) is 5.86. The van der Waals surface area contributed by atoms with Gasteiger partial charge in [-0.1, -0.05) is 6.07 Å². The Labute approximate surface area is 182 Å². The molecule has 3 saturated carbocycles. The molecule has 3 aliphatic carbocycles. The first kappa shape index (κ1) is 22.1. The van der Waals surface area contributed by atoms with Crippen LogP contribution < -0.4 is 10.1 Å². The van der Waals surface area contributed by atoms with Crippen LogP contribution in [0.5, 0.6) is 5.88 Å². The van der Waals surface area contributed by atoms with Crippen molar-refractivity contribution in [2.24, 2.45) is 10.8 Å². The van der Waals surface area contributed by atoms with Crippen molar-refractivity contribution in [1.82, 2.24) is 4.98 Å². The third kappa shape index (κ3) is 4.02. The van der Waals surface area contributed by atoms with Gasteiger partial charge in [0.25, 0.3) is 5.91 Å². The maximum Gasteiger partial charge on any atom is 0.417 e. The SMILES string of the molecule is CS(=N)(=O)c1cccc(NC(=O)c2cc(C(F)(F)F)cnc2OCC23CC(C#N)(C2)C3)c1. The Morgan fingerprint density at radius 2 is 2.03 bits per heavy atom. The average Bonchev–Trinajstić information content (AvgIpc) is 2.65. The minimum absolute atomic E-state index is 0.154. The fraction of sp³-hybridized carbons (Fsp3) is 0.381. The van der Waals surface area contributed by atoms with Crippen LogP contribution in [0.3, 0.4) is 0 Å². The molecule has 1 atom stereocenters. The quantitative estimate of drug-likeness (QED) is 0.655. The summed E-state index contributed by atoms with van der Waals surface area (Å²) in [6, 6.07) is 8.69. The second-order valence-electron chi connectivity index (χ2n) is 8.61. The number of nitriles is 1. The van der Waals surface area contributed by atoms with E-state index in [1.807, 2.05) is 0 Å². The van der Waals surface area contributed by atoms with Gasteiger partial charge in [-0.25, -0.2) is 14.0 Å². The normalized spacial score (nSPS) is 25.5. The van der Waals surface area contributed by atoms with Gasteiger partial charge in [-0.2, -0.15) is 18.4 Å². The first-order valence-corrected chi connectivity index (χ1v) is 11.6. The lowest BCUT2D eigenvalue weighted by Gasteiger charge is -2.66. The lowest BCUT2D eigenvalue weighted by Crippen LogP contribution is -2.63. The smallest absolute Gasteiger partial charge is 0.417 e. The number of aromatic nitrogens is 1. The summed E-state index contributed by atoms with van der Waals surface area (Å²) in [6.45, 7) is 0.154. The van der Waals surface area contributed by atoms with Gasteiger partial charge in [0.1, 0.15) is 5.56 Å². The predicted octanol–water partition coefficient (Wildman–Crippen LogP) is 4.46. The number of nitrogens with zero attached hydrogens (tertiary/aromatic N) is 2. The third-order valence-corrected chi connectivity index (χ3v) is 7.01. The molecule has 0 radical (unpaired) electrons. The van der Waals surface area contributed by atoms with E-state index in [1.54, 1.807) is 0 Å². The zero-order chi connectivity index (χ0) is 23.4. The molecule has 1 amide bonds. The molecule has 0 aliphatic heterocycles. The van der Waals surface area contributed by atoms with E-state index < -0.39 is 32.9 Å². The van der Waals surface area contributed by atoms with Crippen molar-refractivity contribution < 1.29 is 26.9 Å². The topological polar surface area (TPSA) is 116 Å². The summed E-state index contributed by atoms with van der Waals surface area (Å²) >= 11 is 0. The number of rotatable bonds is 6. The van der Waals surface area contributed by atoms with E-state index >= 15 is 0 Å². The number of carbonyl (C=O) groups excluding carboxylic acids is 1. The summed E-state index contributed by atoms with van der Waals surface area (Å²) in [4.78, 5) is 16.7. The van der Waals surface area contributed by atoms with Gasteiger partial charge >= 0.3 is 6.18 Å². The molecule has 1 aromatic heterocycles. The molecule has 2 bridgehead atoms. The van der Waals surface area contributed by atoms with Gasteiger partial charge in [-0.15, -0.1) is 0 Å². The van der Waals surface area contributed by atoms with Crippen molar-refractivity contribution in [1.29, 1.82) is 10.0 Å². The number of benzene rings is 1. The van der Waals surface area contributed by atoms with E-state index in [0.717, 1.165) is 0 Å². The molecule has 0 saturated heterocycles. The molecule has 1 aromatic carbocycles. The number of amides is 1. The molecule has 1 heterocycles. The molecule has 3 aliphatic rings. The van der Waals surface area contributed by atoms with Crippen molar-refractivity contribution in [2.75, 3.05) is 18.2 Å². The molecular formula is C21H19F3N4O3S. The van der Waals surface area contributed by atoms with Crippen LogP contribution in [0.15, 0.2) is 41.4 Å². The average molecular weight is 464 g/mol. The van der Waals surface area contributed by atoms with Gasteiger partial charge in [-0.3, -0.25) is 4.79 Å². The molecule has 2 N–H and O–H groups in total. The first-order valence-electron chi connectivity index (χ1n) is 9.61. The number of carbonyl (C=O) groups is 1. The second-order valence-corrected chi connectivity index (χ2v) is 10.8. The minimum Gasteiger partial charge on any atom is -0.477 e. The molecule has 168 valence electrons. The van der Waals surface area contributed by atoms with Crippen LogP contribution in [-0.2, 0) is 15.9 Å². The number of hydrogen-bond acceptors (Lipinski definition) is 6. The summed E-state index contributed by atoms with van der Waals surface area (Å²) in [5.74, 6) is -1.11. The van der Waals surface area contributed by atoms with E-state index in [4.69, 9.17) is 14.8 Å². The Bertz CT molecular complexity index is 1230. The molecule has 3 fully saturated rings. The number of hydrogen-bond donors (Lipinski definition) is 2. The van der Waals surface area contributed by atoms with Crippen LogP contribution in [0, 0.1) is 26.9 Å². The monoisotopic (exact) mass is 464 g/mol. The summed E-state index contributed by atoms with van der Waals surface area (Å²) in [5.41, 5.74) is -1.82. The second kappa shape index (κ2) is 7.20. The van der Waals surface area contributed by atoms with Gasteiger partial charge in [-0.05, 0) is 43.5 Å². The molecule has 7 nitrogen and oxygen atoms in total. The molecular weight excluding hydrogens is 445 g/mol. The summed E-state index contributed by atoms with van der Waals surface area (Å²) in [7, 11) is -3.04. The van der Waals surface area contributed by atoms with E-state index in [9.17, 15) is 22.2 Å². The highest BCUT2D eigenvalue weighted by molar-refractivity contribution is 7.91. The van der Waals surface area contributed by atoms with Crippen molar-refractivity contribution in [3.05, 3.63) is 47.7 Å². The Morgan fingerprint density at radius 1 is 1.34 bits per heavy atom. The highest BCUT2D eigenvalue weighted by atomic mass is 32.2. The highest BCUT2D eigenvalue weighted by Crippen LogP contribution is 2.72. The Hall–Kier alpha value is -3.13. The van der Waals surface area contributed by atoms with Crippen LogP contribution in [0.1, 0.15) is 35.2 Å². The van der Waals surface area contributed by atoms with Crippen molar-refractivity contribution in [2.45, 2.75) is 30.3 Å². The van der Waals surface area contributed by atoms with E-state index in [2.05, 4.69) is 16.4 Å². The summed E-state index contributed by atoms with van der Waals surface area (Å²) < 4.78 is 64.9.